The number of ether oxygens (including phenoxy) is 1. The molecule has 0 aromatic heterocycles. The average molecular weight is 278 g/mol. The summed E-state index contributed by atoms with van der Waals surface area (Å²) in [6, 6.07) is 3.86. The van der Waals surface area contributed by atoms with E-state index in [1.807, 2.05) is 0 Å². The maximum absolute atomic E-state index is 13.7. The predicted octanol–water partition coefficient (Wildman–Crippen LogP) is 2.01. The predicted molar refractivity (Wildman–Crippen MR) is 72.3 cm³/mol. The van der Waals surface area contributed by atoms with Gasteiger partial charge in [0.15, 0.2) is 0 Å². The van der Waals surface area contributed by atoms with E-state index < -0.39 is 23.4 Å². The number of carbonyl (C=O) groups is 2. The Morgan fingerprint density at radius 3 is 2.50 bits per heavy atom. The Bertz CT molecular complexity index is 595. The SMILES string of the molecule is CC(C)(C)OC(=O)Nc1ccc(C#CC(N)=O)cc1F. The molecule has 6 heteroatoms. The number of carbonyl (C=O) groups excluding carboxylic acids is 2. The van der Waals surface area contributed by atoms with E-state index in [1.54, 1.807) is 20.8 Å². The molecule has 5 nitrogen and oxygen atoms in total. The summed E-state index contributed by atoms with van der Waals surface area (Å²) in [5, 5.41) is 2.28. The Morgan fingerprint density at radius 2 is 2.00 bits per heavy atom. The van der Waals surface area contributed by atoms with E-state index >= 15 is 0 Å². The van der Waals surface area contributed by atoms with E-state index in [0.717, 1.165) is 6.07 Å². The van der Waals surface area contributed by atoms with Crippen molar-refractivity contribution in [2.24, 2.45) is 5.73 Å². The van der Waals surface area contributed by atoms with Crippen LogP contribution in [0.3, 0.4) is 0 Å². The summed E-state index contributed by atoms with van der Waals surface area (Å²) in [5.41, 5.74) is 4.42. The number of rotatable bonds is 1. The molecule has 0 atom stereocenters. The van der Waals surface area contributed by atoms with Crippen LogP contribution in [0.15, 0.2) is 18.2 Å². The lowest BCUT2D eigenvalue weighted by atomic mass is 10.2. The molecule has 2 amide bonds. The molecular formula is C14H15FN2O3. The highest BCUT2D eigenvalue weighted by Gasteiger charge is 2.17. The minimum Gasteiger partial charge on any atom is -0.444 e. The zero-order valence-electron chi connectivity index (χ0n) is 11.4. The van der Waals surface area contributed by atoms with Crippen molar-refractivity contribution < 1.29 is 18.7 Å². The van der Waals surface area contributed by atoms with Gasteiger partial charge < -0.3 is 10.5 Å². The fourth-order valence-electron chi connectivity index (χ4n) is 1.24. The normalized spacial score (nSPS) is 10.2. The van der Waals surface area contributed by atoms with Gasteiger partial charge in [0.25, 0.3) is 5.91 Å². The zero-order chi connectivity index (χ0) is 15.3. The molecule has 3 N–H and O–H groups in total. The Hall–Kier alpha value is -2.55. The fraction of sp³-hybridized carbons (Fsp3) is 0.286. The summed E-state index contributed by atoms with van der Waals surface area (Å²) in [6.45, 7) is 5.10. The molecule has 0 saturated heterocycles. The van der Waals surface area contributed by atoms with Gasteiger partial charge in [0.2, 0.25) is 0 Å². The number of primary amides is 1. The van der Waals surface area contributed by atoms with Gasteiger partial charge in [-0.2, -0.15) is 0 Å². The lowest BCUT2D eigenvalue weighted by Crippen LogP contribution is -2.27. The molecule has 0 aliphatic rings. The van der Waals surface area contributed by atoms with Crippen LogP contribution in [-0.4, -0.2) is 17.6 Å². The molecule has 0 fully saturated rings. The van der Waals surface area contributed by atoms with Gasteiger partial charge in [0, 0.05) is 5.56 Å². The van der Waals surface area contributed by atoms with E-state index in [-0.39, 0.29) is 11.3 Å². The third-order valence-electron chi connectivity index (χ3n) is 1.93. The first-order chi connectivity index (χ1) is 9.17. The first-order valence-corrected chi connectivity index (χ1v) is 5.78. The summed E-state index contributed by atoms with van der Waals surface area (Å²) in [7, 11) is 0. The smallest absolute Gasteiger partial charge is 0.412 e. The van der Waals surface area contributed by atoms with Crippen LogP contribution in [0.4, 0.5) is 14.9 Å². The fourth-order valence-corrected chi connectivity index (χ4v) is 1.24. The molecular weight excluding hydrogens is 263 g/mol. The standard InChI is InChI=1S/C14H15FN2O3/c1-14(2,3)20-13(19)17-11-6-4-9(8-10(11)15)5-7-12(16)18/h4,6,8H,1-3H3,(H2,16,18)(H,17,19). The van der Waals surface area contributed by atoms with Crippen molar-refractivity contribution in [2.45, 2.75) is 26.4 Å². The Balaban J connectivity index is 2.82. The quantitative estimate of drug-likeness (QED) is 0.771. The molecule has 0 unspecified atom stereocenters. The number of nitrogens with two attached hydrogens (primary N) is 1. The summed E-state index contributed by atoms with van der Waals surface area (Å²) >= 11 is 0. The number of hydrogen-bond donors (Lipinski definition) is 2. The molecule has 20 heavy (non-hydrogen) atoms. The average Bonchev–Trinajstić information content (AvgIpc) is 2.27. The van der Waals surface area contributed by atoms with Crippen molar-refractivity contribution in [1.29, 1.82) is 0 Å². The maximum atomic E-state index is 13.7. The Kier molecular flexibility index (Phi) is 4.70. The van der Waals surface area contributed by atoms with Gasteiger partial charge in [-0.05, 0) is 44.9 Å². The highest BCUT2D eigenvalue weighted by Crippen LogP contribution is 2.17. The second kappa shape index (κ2) is 6.06. The topological polar surface area (TPSA) is 81.4 Å². The zero-order valence-corrected chi connectivity index (χ0v) is 11.4. The van der Waals surface area contributed by atoms with E-state index in [1.165, 1.54) is 12.1 Å². The monoisotopic (exact) mass is 278 g/mol. The number of benzene rings is 1. The highest BCUT2D eigenvalue weighted by molar-refractivity contribution is 5.92. The van der Waals surface area contributed by atoms with Crippen molar-refractivity contribution in [1.82, 2.24) is 0 Å². The molecule has 106 valence electrons. The molecule has 1 aromatic carbocycles. The molecule has 0 aliphatic carbocycles. The molecule has 1 aromatic rings. The summed E-state index contributed by atoms with van der Waals surface area (Å²) in [6.07, 6.45) is -0.757. The van der Waals surface area contributed by atoms with Crippen LogP contribution in [0, 0.1) is 17.7 Å². The lowest BCUT2D eigenvalue weighted by Gasteiger charge is -2.19. The van der Waals surface area contributed by atoms with Gasteiger partial charge in [-0.15, -0.1) is 0 Å². The van der Waals surface area contributed by atoms with Gasteiger partial charge in [-0.3, -0.25) is 10.1 Å². The number of anilines is 1. The number of amides is 2. The summed E-state index contributed by atoms with van der Waals surface area (Å²) in [5.74, 6) is 2.99. The van der Waals surface area contributed by atoms with Crippen LogP contribution in [-0.2, 0) is 9.53 Å². The van der Waals surface area contributed by atoms with Crippen LogP contribution < -0.4 is 11.1 Å². The Morgan fingerprint density at radius 1 is 1.35 bits per heavy atom. The molecule has 0 bridgehead atoms. The number of nitrogens with one attached hydrogen (secondary N) is 1. The van der Waals surface area contributed by atoms with Gasteiger partial charge in [0.05, 0.1) is 5.69 Å². The van der Waals surface area contributed by atoms with Crippen LogP contribution in [0.25, 0.3) is 0 Å². The van der Waals surface area contributed by atoms with Crippen LogP contribution in [0.5, 0.6) is 0 Å². The number of halogens is 1. The lowest BCUT2D eigenvalue weighted by molar-refractivity contribution is -0.112. The van der Waals surface area contributed by atoms with E-state index in [2.05, 4.69) is 17.2 Å². The molecule has 1 rings (SSSR count). The van der Waals surface area contributed by atoms with Gasteiger partial charge in [-0.1, -0.05) is 5.92 Å². The van der Waals surface area contributed by atoms with Gasteiger partial charge in [0.1, 0.15) is 11.4 Å². The van der Waals surface area contributed by atoms with E-state index in [4.69, 9.17) is 10.5 Å². The second-order valence-corrected chi connectivity index (χ2v) is 4.94. The Labute approximate surface area is 116 Å². The van der Waals surface area contributed by atoms with Crippen molar-refractivity contribution in [2.75, 3.05) is 5.32 Å². The van der Waals surface area contributed by atoms with Crippen molar-refractivity contribution in [3.05, 3.63) is 29.6 Å². The molecule has 0 radical (unpaired) electrons. The minimum atomic E-state index is -0.804. The van der Waals surface area contributed by atoms with E-state index in [0.29, 0.717) is 0 Å². The number of hydrogen-bond acceptors (Lipinski definition) is 3. The third kappa shape index (κ3) is 5.40. The first kappa shape index (κ1) is 15.5. The largest absolute Gasteiger partial charge is 0.444 e. The van der Waals surface area contributed by atoms with Crippen LogP contribution in [0.2, 0.25) is 0 Å². The maximum Gasteiger partial charge on any atom is 0.412 e. The molecule has 0 aliphatic heterocycles. The van der Waals surface area contributed by atoms with Crippen LogP contribution >= 0.6 is 0 Å². The first-order valence-electron chi connectivity index (χ1n) is 5.78. The molecule has 0 heterocycles. The van der Waals surface area contributed by atoms with Gasteiger partial charge in [-0.25, -0.2) is 9.18 Å². The molecule has 0 saturated carbocycles. The van der Waals surface area contributed by atoms with Crippen molar-refractivity contribution >= 4 is 17.7 Å². The second-order valence-electron chi connectivity index (χ2n) is 4.94. The summed E-state index contributed by atoms with van der Waals surface area (Å²) in [4.78, 5) is 22.0. The van der Waals surface area contributed by atoms with Crippen molar-refractivity contribution in [3.63, 3.8) is 0 Å². The minimum absolute atomic E-state index is 0.0381. The third-order valence-corrected chi connectivity index (χ3v) is 1.93. The van der Waals surface area contributed by atoms with Crippen molar-refractivity contribution in [3.8, 4) is 11.8 Å². The van der Waals surface area contributed by atoms with Crippen LogP contribution in [0.1, 0.15) is 26.3 Å². The summed E-state index contributed by atoms with van der Waals surface area (Å²) < 4.78 is 18.7. The molecule has 0 spiro atoms. The highest BCUT2D eigenvalue weighted by atomic mass is 19.1. The van der Waals surface area contributed by atoms with Gasteiger partial charge >= 0.3 is 6.09 Å². The van der Waals surface area contributed by atoms with E-state index in [9.17, 15) is 14.0 Å².